The van der Waals surface area contributed by atoms with Crippen LogP contribution in [0.3, 0.4) is 0 Å². The lowest BCUT2D eigenvalue weighted by atomic mass is 10.1. The van der Waals surface area contributed by atoms with E-state index in [4.69, 9.17) is 14.9 Å². The summed E-state index contributed by atoms with van der Waals surface area (Å²) in [4.78, 5) is 0. The first-order chi connectivity index (χ1) is 7.75. The molecule has 0 amide bonds. The van der Waals surface area contributed by atoms with Crippen LogP contribution < -0.4 is 10.5 Å². The summed E-state index contributed by atoms with van der Waals surface area (Å²) in [5.74, 6) is 1.64. The molecule has 1 aromatic carbocycles. The van der Waals surface area contributed by atoms with Crippen LogP contribution in [0.5, 0.6) is 5.75 Å². The Morgan fingerprint density at radius 2 is 2.00 bits per heavy atom. The van der Waals surface area contributed by atoms with Crippen molar-refractivity contribution in [3.8, 4) is 5.75 Å². The van der Waals surface area contributed by atoms with Crippen molar-refractivity contribution in [1.82, 2.24) is 0 Å². The zero-order valence-electron chi connectivity index (χ0n) is 9.22. The van der Waals surface area contributed by atoms with Gasteiger partial charge in [-0.2, -0.15) is 0 Å². The van der Waals surface area contributed by atoms with Gasteiger partial charge in [0.25, 0.3) is 0 Å². The summed E-state index contributed by atoms with van der Waals surface area (Å²) < 4.78 is 10.7. The summed E-state index contributed by atoms with van der Waals surface area (Å²) in [6, 6.07) is 11.6. The molecule has 1 atom stereocenters. The van der Waals surface area contributed by atoms with Gasteiger partial charge in [0, 0.05) is 6.04 Å². The van der Waals surface area contributed by atoms with Crippen molar-refractivity contribution < 1.29 is 9.15 Å². The summed E-state index contributed by atoms with van der Waals surface area (Å²) in [7, 11) is 0. The van der Waals surface area contributed by atoms with Gasteiger partial charge in [0.05, 0.1) is 6.26 Å². The van der Waals surface area contributed by atoms with Crippen LogP contribution in [0.1, 0.15) is 24.3 Å². The quantitative estimate of drug-likeness (QED) is 0.856. The standard InChI is InChI=1S/C13H15NO2/c1-10(14)11-4-6-12(7-5-11)16-9-13-3-2-8-15-13/h2-8,10H,9,14H2,1H3/t10-/m1/s1. The first-order valence-corrected chi connectivity index (χ1v) is 5.26. The molecule has 0 saturated heterocycles. The first kappa shape index (κ1) is 10.8. The third-order valence-corrected chi connectivity index (χ3v) is 2.37. The predicted molar refractivity (Wildman–Crippen MR) is 62.1 cm³/mol. The summed E-state index contributed by atoms with van der Waals surface area (Å²) >= 11 is 0. The minimum atomic E-state index is 0.0547. The van der Waals surface area contributed by atoms with E-state index in [-0.39, 0.29) is 6.04 Å². The molecule has 3 nitrogen and oxygen atoms in total. The fourth-order valence-corrected chi connectivity index (χ4v) is 1.42. The molecule has 1 aromatic heterocycles. The lowest BCUT2D eigenvalue weighted by molar-refractivity contribution is 0.270. The van der Waals surface area contributed by atoms with Crippen LogP contribution in [0.15, 0.2) is 47.1 Å². The molecule has 0 spiro atoms. The monoisotopic (exact) mass is 217 g/mol. The van der Waals surface area contributed by atoms with Gasteiger partial charge in [0.1, 0.15) is 18.1 Å². The molecule has 0 aliphatic rings. The van der Waals surface area contributed by atoms with Gasteiger partial charge in [-0.1, -0.05) is 12.1 Å². The van der Waals surface area contributed by atoms with Crippen LogP contribution in [-0.4, -0.2) is 0 Å². The maximum Gasteiger partial charge on any atom is 0.146 e. The molecule has 2 rings (SSSR count). The predicted octanol–water partition coefficient (Wildman–Crippen LogP) is 2.88. The number of ether oxygens (including phenoxy) is 1. The Labute approximate surface area is 94.8 Å². The second-order valence-electron chi connectivity index (χ2n) is 3.73. The van der Waals surface area contributed by atoms with E-state index in [1.165, 1.54) is 0 Å². The average molecular weight is 217 g/mol. The van der Waals surface area contributed by atoms with Crippen molar-refractivity contribution in [3.63, 3.8) is 0 Å². The molecule has 1 heterocycles. The molecular formula is C13H15NO2. The SMILES string of the molecule is C[C@@H](N)c1ccc(OCc2ccco2)cc1. The summed E-state index contributed by atoms with van der Waals surface area (Å²) in [5, 5.41) is 0. The van der Waals surface area contributed by atoms with Gasteiger partial charge in [-0.15, -0.1) is 0 Å². The highest BCUT2D eigenvalue weighted by molar-refractivity contribution is 5.28. The van der Waals surface area contributed by atoms with Gasteiger partial charge in [-0.05, 0) is 36.8 Å². The molecule has 84 valence electrons. The smallest absolute Gasteiger partial charge is 0.146 e. The molecular weight excluding hydrogens is 202 g/mol. The second-order valence-corrected chi connectivity index (χ2v) is 3.73. The summed E-state index contributed by atoms with van der Waals surface area (Å²) in [6.45, 7) is 2.41. The molecule has 0 bridgehead atoms. The highest BCUT2D eigenvalue weighted by Crippen LogP contribution is 2.17. The van der Waals surface area contributed by atoms with Crippen LogP contribution in [-0.2, 0) is 6.61 Å². The van der Waals surface area contributed by atoms with E-state index in [1.54, 1.807) is 6.26 Å². The lowest BCUT2D eigenvalue weighted by Crippen LogP contribution is -2.04. The maximum atomic E-state index is 5.76. The normalized spacial score (nSPS) is 12.4. The molecule has 2 N–H and O–H groups in total. The molecule has 3 heteroatoms. The molecule has 0 unspecified atom stereocenters. The molecule has 16 heavy (non-hydrogen) atoms. The van der Waals surface area contributed by atoms with E-state index < -0.39 is 0 Å². The Bertz CT molecular complexity index is 418. The number of benzene rings is 1. The van der Waals surface area contributed by atoms with Crippen LogP contribution in [0, 0.1) is 0 Å². The molecule has 0 saturated carbocycles. The maximum absolute atomic E-state index is 5.76. The number of rotatable bonds is 4. The highest BCUT2D eigenvalue weighted by Gasteiger charge is 2.00. The van der Waals surface area contributed by atoms with E-state index in [9.17, 15) is 0 Å². The zero-order chi connectivity index (χ0) is 11.4. The van der Waals surface area contributed by atoms with E-state index in [0.29, 0.717) is 6.61 Å². The average Bonchev–Trinajstić information content (AvgIpc) is 2.80. The van der Waals surface area contributed by atoms with Gasteiger partial charge >= 0.3 is 0 Å². The molecule has 0 aliphatic heterocycles. The third kappa shape index (κ3) is 2.64. The van der Waals surface area contributed by atoms with Crippen molar-refractivity contribution in [1.29, 1.82) is 0 Å². The molecule has 0 fully saturated rings. The fraction of sp³-hybridized carbons (Fsp3) is 0.231. The van der Waals surface area contributed by atoms with Gasteiger partial charge < -0.3 is 14.9 Å². The number of hydrogen-bond donors (Lipinski definition) is 1. The zero-order valence-corrected chi connectivity index (χ0v) is 9.22. The van der Waals surface area contributed by atoms with Crippen LogP contribution in [0.25, 0.3) is 0 Å². The Balaban J connectivity index is 1.95. The molecule has 0 aliphatic carbocycles. The summed E-state index contributed by atoms with van der Waals surface area (Å²) in [6.07, 6.45) is 1.64. The largest absolute Gasteiger partial charge is 0.486 e. The van der Waals surface area contributed by atoms with Crippen LogP contribution in [0.2, 0.25) is 0 Å². The minimum absolute atomic E-state index is 0.0547. The topological polar surface area (TPSA) is 48.4 Å². The van der Waals surface area contributed by atoms with Gasteiger partial charge in [0.2, 0.25) is 0 Å². The van der Waals surface area contributed by atoms with Gasteiger partial charge in [0.15, 0.2) is 0 Å². The van der Waals surface area contributed by atoms with E-state index in [0.717, 1.165) is 17.1 Å². The first-order valence-electron chi connectivity index (χ1n) is 5.26. The Morgan fingerprint density at radius 1 is 1.25 bits per heavy atom. The second kappa shape index (κ2) is 4.86. The lowest BCUT2D eigenvalue weighted by Gasteiger charge is -2.07. The highest BCUT2D eigenvalue weighted by atomic mass is 16.5. The van der Waals surface area contributed by atoms with Gasteiger partial charge in [-0.3, -0.25) is 0 Å². The minimum Gasteiger partial charge on any atom is -0.486 e. The molecule has 0 radical (unpaired) electrons. The number of furan rings is 1. The Kier molecular flexibility index (Phi) is 3.27. The van der Waals surface area contributed by atoms with Crippen molar-refractivity contribution >= 4 is 0 Å². The molecule has 2 aromatic rings. The van der Waals surface area contributed by atoms with E-state index in [2.05, 4.69) is 0 Å². The van der Waals surface area contributed by atoms with Crippen molar-refractivity contribution in [2.45, 2.75) is 19.6 Å². The fourth-order valence-electron chi connectivity index (χ4n) is 1.42. The Morgan fingerprint density at radius 3 is 2.56 bits per heavy atom. The van der Waals surface area contributed by atoms with Crippen LogP contribution >= 0.6 is 0 Å². The third-order valence-electron chi connectivity index (χ3n) is 2.37. The van der Waals surface area contributed by atoms with Gasteiger partial charge in [-0.25, -0.2) is 0 Å². The number of hydrogen-bond acceptors (Lipinski definition) is 3. The van der Waals surface area contributed by atoms with E-state index >= 15 is 0 Å². The Hall–Kier alpha value is -1.74. The van der Waals surface area contributed by atoms with Crippen molar-refractivity contribution in [2.24, 2.45) is 5.73 Å². The van der Waals surface area contributed by atoms with Crippen LogP contribution in [0.4, 0.5) is 0 Å². The van der Waals surface area contributed by atoms with Crippen molar-refractivity contribution in [2.75, 3.05) is 0 Å². The summed E-state index contributed by atoms with van der Waals surface area (Å²) in [5.41, 5.74) is 6.86. The number of nitrogens with two attached hydrogens (primary N) is 1. The van der Waals surface area contributed by atoms with Crippen molar-refractivity contribution in [3.05, 3.63) is 54.0 Å². The van der Waals surface area contributed by atoms with E-state index in [1.807, 2.05) is 43.3 Å².